The molecule has 0 aliphatic heterocycles. The van der Waals surface area contributed by atoms with Crippen molar-refractivity contribution >= 4 is 17.5 Å². The zero-order valence-corrected chi connectivity index (χ0v) is 15.2. The second-order valence-electron chi connectivity index (χ2n) is 5.65. The molecule has 2 aromatic rings. The van der Waals surface area contributed by atoms with E-state index in [1.54, 1.807) is 25.1 Å². The van der Waals surface area contributed by atoms with Gasteiger partial charge in [-0.1, -0.05) is 6.07 Å². The molecule has 0 aromatic heterocycles. The standard InChI is InChI=1S/C19H20F2N2O4/c1-11-13(19(25)22-7-8-26-2)5-4-6-16(11)23-18(24)12-9-14(20)17(27-3)15(21)10-12/h4-6,9-10H,7-8H2,1-3H3,(H,22,25)(H,23,24). The van der Waals surface area contributed by atoms with E-state index < -0.39 is 23.3 Å². The Morgan fingerprint density at radius 3 is 2.33 bits per heavy atom. The molecule has 0 aliphatic carbocycles. The second kappa shape index (κ2) is 9.09. The number of rotatable bonds is 7. The average Bonchev–Trinajstić information content (AvgIpc) is 2.63. The molecule has 0 saturated carbocycles. The maximum atomic E-state index is 13.8. The van der Waals surface area contributed by atoms with Crippen LogP contribution >= 0.6 is 0 Å². The number of ether oxygens (including phenoxy) is 2. The molecule has 2 aromatic carbocycles. The Bertz CT molecular complexity index is 833. The van der Waals surface area contributed by atoms with Crippen LogP contribution in [0.2, 0.25) is 0 Å². The monoisotopic (exact) mass is 378 g/mol. The van der Waals surface area contributed by atoms with E-state index in [2.05, 4.69) is 15.4 Å². The van der Waals surface area contributed by atoms with Crippen LogP contribution in [-0.2, 0) is 4.74 Å². The van der Waals surface area contributed by atoms with Gasteiger partial charge < -0.3 is 20.1 Å². The van der Waals surface area contributed by atoms with Crippen molar-refractivity contribution in [1.82, 2.24) is 5.32 Å². The minimum atomic E-state index is -0.981. The summed E-state index contributed by atoms with van der Waals surface area (Å²) in [6.45, 7) is 2.38. The Hall–Kier alpha value is -3.00. The van der Waals surface area contributed by atoms with E-state index in [9.17, 15) is 18.4 Å². The van der Waals surface area contributed by atoms with Crippen molar-refractivity contribution in [3.8, 4) is 5.75 Å². The third-order valence-electron chi connectivity index (χ3n) is 3.88. The van der Waals surface area contributed by atoms with E-state index in [1.807, 2.05) is 0 Å². The van der Waals surface area contributed by atoms with E-state index in [0.717, 1.165) is 19.2 Å². The lowest BCUT2D eigenvalue weighted by atomic mass is 10.1. The molecule has 0 bridgehead atoms. The Morgan fingerprint density at radius 2 is 1.74 bits per heavy atom. The van der Waals surface area contributed by atoms with Crippen molar-refractivity contribution in [3.63, 3.8) is 0 Å². The van der Waals surface area contributed by atoms with Crippen LogP contribution in [0.25, 0.3) is 0 Å². The Balaban J connectivity index is 2.21. The lowest BCUT2D eigenvalue weighted by molar-refractivity contribution is 0.0935. The zero-order chi connectivity index (χ0) is 20.0. The Labute approximate surface area is 155 Å². The normalized spacial score (nSPS) is 10.4. The van der Waals surface area contributed by atoms with Gasteiger partial charge in [-0.15, -0.1) is 0 Å². The average molecular weight is 378 g/mol. The molecule has 2 N–H and O–H groups in total. The first-order valence-electron chi connectivity index (χ1n) is 8.10. The topological polar surface area (TPSA) is 76.7 Å². The molecular formula is C19H20F2N2O4. The summed E-state index contributed by atoms with van der Waals surface area (Å²) < 4.78 is 37.1. The smallest absolute Gasteiger partial charge is 0.255 e. The fraction of sp³-hybridized carbons (Fsp3) is 0.263. The number of carbonyl (C=O) groups is 2. The van der Waals surface area contributed by atoms with Crippen molar-refractivity contribution in [2.75, 3.05) is 32.7 Å². The van der Waals surface area contributed by atoms with Crippen LogP contribution in [0.1, 0.15) is 26.3 Å². The van der Waals surface area contributed by atoms with Crippen molar-refractivity contribution in [2.45, 2.75) is 6.92 Å². The summed E-state index contributed by atoms with van der Waals surface area (Å²) in [6.07, 6.45) is 0. The third kappa shape index (κ3) is 4.79. The number of nitrogens with one attached hydrogen (secondary N) is 2. The highest BCUT2D eigenvalue weighted by Crippen LogP contribution is 2.24. The summed E-state index contributed by atoms with van der Waals surface area (Å²) in [5.74, 6) is -3.55. The SMILES string of the molecule is COCCNC(=O)c1cccc(NC(=O)c2cc(F)c(OC)c(F)c2)c1C. The summed E-state index contributed by atoms with van der Waals surface area (Å²) in [6, 6.07) is 6.57. The third-order valence-corrected chi connectivity index (χ3v) is 3.88. The fourth-order valence-corrected chi connectivity index (χ4v) is 2.46. The highest BCUT2D eigenvalue weighted by atomic mass is 19.1. The van der Waals surface area contributed by atoms with E-state index in [1.165, 1.54) is 7.11 Å². The summed E-state index contributed by atoms with van der Waals surface area (Å²) >= 11 is 0. The highest BCUT2D eigenvalue weighted by molar-refractivity contribution is 6.06. The van der Waals surface area contributed by atoms with Crippen molar-refractivity contribution in [2.24, 2.45) is 0 Å². The van der Waals surface area contributed by atoms with Gasteiger partial charge >= 0.3 is 0 Å². The lowest BCUT2D eigenvalue weighted by Gasteiger charge is -2.13. The van der Waals surface area contributed by atoms with Crippen molar-refractivity contribution in [1.29, 1.82) is 0 Å². The van der Waals surface area contributed by atoms with Crippen LogP contribution in [0.3, 0.4) is 0 Å². The van der Waals surface area contributed by atoms with Gasteiger partial charge in [-0.3, -0.25) is 9.59 Å². The van der Waals surface area contributed by atoms with Gasteiger partial charge in [0.15, 0.2) is 17.4 Å². The molecule has 2 amide bonds. The first kappa shape index (κ1) is 20.3. The number of anilines is 1. The highest BCUT2D eigenvalue weighted by Gasteiger charge is 2.18. The lowest BCUT2D eigenvalue weighted by Crippen LogP contribution is -2.27. The van der Waals surface area contributed by atoms with Crippen LogP contribution in [0.15, 0.2) is 30.3 Å². The molecule has 0 unspecified atom stereocenters. The van der Waals surface area contributed by atoms with Gasteiger partial charge in [0, 0.05) is 30.5 Å². The molecule has 0 atom stereocenters. The second-order valence-corrected chi connectivity index (χ2v) is 5.65. The minimum absolute atomic E-state index is 0.208. The number of benzene rings is 2. The summed E-state index contributed by atoms with van der Waals surface area (Å²) in [5, 5.41) is 5.25. The first-order valence-corrected chi connectivity index (χ1v) is 8.10. The molecule has 0 aliphatic rings. The summed E-state index contributed by atoms with van der Waals surface area (Å²) in [5.41, 5.74) is 1.04. The molecule has 6 nitrogen and oxygen atoms in total. The van der Waals surface area contributed by atoms with E-state index in [4.69, 9.17) is 4.74 Å². The van der Waals surface area contributed by atoms with Gasteiger partial charge in [0.1, 0.15) is 0 Å². The van der Waals surface area contributed by atoms with Gasteiger partial charge in [-0.2, -0.15) is 0 Å². The van der Waals surface area contributed by atoms with E-state index in [0.29, 0.717) is 30.0 Å². The predicted octanol–water partition coefficient (Wildman–Crippen LogP) is 2.91. The largest absolute Gasteiger partial charge is 0.491 e. The van der Waals surface area contributed by atoms with Gasteiger partial charge in [-0.25, -0.2) is 8.78 Å². The van der Waals surface area contributed by atoms with E-state index in [-0.39, 0.29) is 11.5 Å². The molecular weight excluding hydrogens is 358 g/mol. The molecule has 8 heteroatoms. The predicted molar refractivity (Wildman–Crippen MR) is 96.3 cm³/mol. The summed E-state index contributed by atoms with van der Waals surface area (Å²) in [4.78, 5) is 24.6. The van der Waals surface area contributed by atoms with Crippen LogP contribution in [0, 0.1) is 18.6 Å². The number of methoxy groups -OCH3 is 2. The van der Waals surface area contributed by atoms with E-state index >= 15 is 0 Å². The minimum Gasteiger partial charge on any atom is -0.491 e. The number of hydrogen-bond acceptors (Lipinski definition) is 4. The molecule has 144 valence electrons. The molecule has 0 heterocycles. The molecule has 27 heavy (non-hydrogen) atoms. The first-order chi connectivity index (χ1) is 12.9. The van der Waals surface area contributed by atoms with Crippen LogP contribution in [0.4, 0.5) is 14.5 Å². The van der Waals surface area contributed by atoms with Crippen LogP contribution in [0.5, 0.6) is 5.75 Å². The Kier molecular flexibility index (Phi) is 6.84. The van der Waals surface area contributed by atoms with Crippen LogP contribution < -0.4 is 15.4 Å². The number of hydrogen-bond donors (Lipinski definition) is 2. The number of amides is 2. The van der Waals surface area contributed by atoms with Gasteiger partial charge in [-0.05, 0) is 36.8 Å². The van der Waals surface area contributed by atoms with Gasteiger partial charge in [0.2, 0.25) is 0 Å². The molecule has 0 saturated heterocycles. The van der Waals surface area contributed by atoms with Gasteiger partial charge in [0.25, 0.3) is 11.8 Å². The Morgan fingerprint density at radius 1 is 1.07 bits per heavy atom. The quantitative estimate of drug-likeness (QED) is 0.727. The summed E-state index contributed by atoms with van der Waals surface area (Å²) in [7, 11) is 2.66. The maximum Gasteiger partial charge on any atom is 0.255 e. The molecule has 0 spiro atoms. The van der Waals surface area contributed by atoms with Crippen LogP contribution in [-0.4, -0.2) is 39.2 Å². The molecule has 0 radical (unpaired) electrons. The molecule has 0 fully saturated rings. The van der Waals surface area contributed by atoms with Crippen molar-refractivity contribution < 1.29 is 27.8 Å². The number of carbonyl (C=O) groups excluding carboxylic acids is 2. The maximum absolute atomic E-state index is 13.8. The van der Waals surface area contributed by atoms with Gasteiger partial charge in [0.05, 0.1) is 13.7 Å². The van der Waals surface area contributed by atoms with Crippen molar-refractivity contribution in [3.05, 3.63) is 58.7 Å². The molecule has 2 rings (SSSR count). The fourth-order valence-electron chi connectivity index (χ4n) is 2.46. The number of halogens is 2. The zero-order valence-electron chi connectivity index (χ0n) is 15.2.